The van der Waals surface area contributed by atoms with E-state index in [0.29, 0.717) is 12.8 Å². The molecule has 0 heterocycles. The Morgan fingerprint density at radius 1 is 0.920 bits per heavy atom. The molecule has 0 aliphatic heterocycles. The predicted octanol–water partition coefficient (Wildman–Crippen LogP) is 7.42. The quantitative estimate of drug-likeness (QED) is 0.476. The van der Waals surface area contributed by atoms with E-state index >= 15 is 0 Å². The second-order valence-corrected chi connectivity index (χ2v) is 8.66. The molecule has 11 heteroatoms. The van der Waals surface area contributed by atoms with E-state index in [1.165, 1.54) is 0 Å². The minimum atomic E-state index is -10.5. The van der Waals surface area contributed by atoms with E-state index in [1.807, 2.05) is 6.92 Å². The second kappa shape index (κ2) is 5.37. The molecule has 1 saturated carbocycles. The summed E-state index contributed by atoms with van der Waals surface area (Å²) in [7, 11) is -10.5. The maximum Gasteiger partial charge on any atom is 0.400 e. The molecule has 0 aromatic heterocycles. The molecule has 0 bridgehead atoms. The molecule has 1 nitrogen and oxygen atoms in total. The van der Waals surface area contributed by atoms with Crippen LogP contribution in [-0.2, 0) is 0 Å². The van der Waals surface area contributed by atoms with Crippen LogP contribution in [0.4, 0.5) is 37.0 Å². The molecule has 0 N–H and O–H groups in total. The number of hydrogen-bond donors (Lipinski definition) is 0. The van der Waals surface area contributed by atoms with Crippen LogP contribution in [0.5, 0.6) is 5.75 Å². The highest BCUT2D eigenvalue weighted by Gasteiger charge is 2.67. The summed E-state index contributed by atoms with van der Waals surface area (Å²) in [6.45, 7) is 1.85. The molecule has 1 aliphatic rings. The van der Waals surface area contributed by atoms with Crippen LogP contribution < -0.4 is 4.74 Å². The molecule has 1 aliphatic carbocycles. The highest BCUT2D eigenvalue weighted by Crippen LogP contribution is 3.02. The van der Waals surface area contributed by atoms with Gasteiger partial charge in [-0.15, -0.1) is 0 Å². The lowest BCUT2D eigenvalue weighted by Crippen LogP contribution is -2.37. The minimum absolute atomic E-state index is 0.0296. The van der Waals surface area contributed by atoms with Gasteiger partial charge in [-0.05, 0) is 30.9 Å². The van der Waals surface area contributed by atoms with Crippen LogP contribution in [0.25, 0.3) is 0 Å². The Bertz CT molecular complexity index is 663. The zero-order valence-corrected chi connectivity index (χ0v) is 13.7. The van der Waals surface area contributed by atoms with Gasteiger partial charge in [-0.1, -0.05) is 39.2 Å². The second-order valence-electron chi connectivity index (χ2n) is 6.28. The fourth-order valence-corrected chi connectivity index (χ4v) is 3.47. The Morgan fingerprint density at radius 2 is 1.44 bits per heavy atom. The van der Waals surface area contributed by atoms with Gasteiger partial charge in [0.1, 0.15) is 4.90 Å². The van der Waals surface area contributed by atoms with E-state index < -0.39 is 50.6 Å². The Hall–Kier alpha value is -1.26. The van der Waals surface area contributed by atoms with Gasteiger partial charge in [0.05, 0.1) is 5.92 Å². The van der Waals surface area contributed by atoms with Gasteiger partial charge in [0, 0.05) is 0 Å². The van der Waals surface area contributed by atoms with Crippen molar-refractivity contribution in [2.24, 2.45) is 11.8 Å². The van der Waals surface area contributed by atoms with Crippen molar-refractivity contribution in [3.8, 4) is 5.75 Å². The van der Waals surface area contributed by atoms with Gasteiger partial charge in [-0.2, -0.15) is 13.2 Å². The first-order valence-electron chi connectivity index (χ1n) is 7.30. The monoisotopic (exact) mass is 402 g/mol. The molecule has 0 saturated heterocycles. The van der Waals surface area contributed by atoms with Gasteiger partial charge in [-0.25, -0.2) is 4.39 Å². The lowest BCUT2D eigenvalue weighted by Gasteiger charge is -2.40. The van der Waals surface area contributed by atoms with Crippen molar-refractivity contribution in [1.82, 2.24) is 0 Å². The van der Waals surface area contributed by atoms with Crippen LogP contribution in [0, 0.1) is 23.5 Å². The van der Waals surface area contributed by atoms with Gasteiger partial charge in [0.2, 0.25) is 5.82 Å². The molecule has 0 amide bonds. The van der Waals surface area contributed by atoms with Crippen LogP contribution in [0.1, 0.15) is 32.6 Å². The molecule has 1 aromatic carbocycles. The van der Waals surface area contributed by atoms with E-state index in [2.05, 4.69) is 4.74 Å². The van der Waals surface area contributed by atoms with Crippen molar-refractivity contribution < 1.29 is 41.7 Å². The molecule has 146 valence electrons. The van der Waals surface area contributed by atoms with E-state index in [-0.39, 0.29) is 24.8 Å². The van der Waals surface area contributed by atoms with Crippen LogP contribution in [0.15, 0.2) is 17.0 Å². The Balaban J connectivity index is 2.31. The topological polar surface area (TPSA) is 9.23 Å². The SMILES string of the molecule is CC1CCC(C(F)(F)Oc2ccc(S(F)(F)(F)(F)F)c(F)c2F)CC1. The van der Waals surface area contributed by atoms with Crippen molar-refractivity contribution in [3.63, 3.8) is 0 Å². The predicted molar refractivity (Wildman–Crippen MR) is 74.5 cm³/mol. The van der Waals surface area contributed by atoms with E-state index in [4.69, 9.17) is 0 Å². The summed E-state index contributed by atoms with van der Waals surface area (Å²) >= 11 is 0. The molecule has 0 atom stereocenters. The summed E-state index contributed by atoms with van der Waals surface area (Å²) in [4.78, 5) is -3.11. The van der Waals surface area contributed by atoms with Crippen molar-refractivity contribution in [1.29, 1.82) is 0 Å². The average molecular weight is 402 g/mol. The van der Waals surface area contributed by atoms with Gasteiger partial charge in [0.15, 0.2) is 11.6 Å². The van der Waals surface area contributed by atoms with E-state index in [1.54, 1.807) is 0 Å². The number of benzene rings is 1. The van der Waals surface area contributed by atoms with Crippen molar-refractivity contribution in [3.05, 3.63) is 23.8 Å². The maximum atomic E-state index is 14.0. The summed E-state index contributed by atoms with van der Waals surface area (Å²) in [5.74, 6) is -8.18. The lowest BCUT2D eigenvalue weighted by atomic mass is 9.82. The van der Waals surface area contributed by atoms with E-state index in [0.717, 1.165) is 0 Å². The van der Waals surface area contributed by atoms with Crippen molar-refractivity contribution in [2.75, 3.05) is 0 Å². The molecule has 25 heavy (non-hydrogen) atoms. The standard InChI is InChI=1S/C14H15F9OS/c1-8-2-4-9(5-3-8)14(17,18)24-10-6-7-11(13(16)12(10)15)25(19,20,21,22)23/h6-9H,2-5H2,1H3. The molecular weight excluding hydrogens is 387 g/mol. The normalized spacial score (nSPS) is 25.2. The minimum Gasteiger partial charge on any atom is -0.429 e. The number of ether oxygens (including phenoxy) is 1. The van der Waals surface area contributed by atoms with Gasteiger partial charge >= 0.3 is 16.3 Å². The molecule has 2 rings (SSSR count). The van der Waals surface area contributed by atoms with Crippen LogP contribution in [0.3, 0.4) is 0 Å². The van der Waals surface area contributed by atoms with E-state index in [9.17, 15) is 37.0 Å². The zero-order valence-electron chi connectivity index (χ0n) is 12.9. The highest BCUT2D eigenvalue weighted by molar-refractivity contribution is 8.45. The number of rotatable bonds is 4. The summed E-state index contributed by atoms with van der Waals surface area (Å²) in [5, 5.41) is 0. The fourth-order valence-electron chi connectivity index (χ4n) is 2.72. The molecule has 0 radical (unpaired) electrons. The summed E-state index contributed by atoms with van der Waals surface area (Å²) < 4.78 is 122. The molecule has 0 spiro atoms. The third-order valence-electron chi connectivity index (χ3n) is 4.16. The third kappa shape index (κ3) is 4.48. The Kier molecular flexibility index (Phi) is 4.31. The number of halogens is 9. The number of alkyl halides is 2. The van der Waals surface area contributed by atoms with Crippen molar-refractivity contribution in [2.45, 2.75) is 43.6 Å². The molecule has 0 unspecified atom stereocenters. The Morgan fingerprint density at radius 3 is 1.92 bits per heavy atom. The number of hydrogen-bond acceptors (Lipinski definition) is 1. The third-order valence-corrected chi connectivity index (χ3v) is 5.31. The molecule has 1 fully saturated rings. The van der Waals surface area contributed by atoms with Gasteiger partial charge < -0.3 is 4.74 Å². The highest BCUT2D eigenvalue weighted by atomic mass is 32.5. The van der Waals surface area contributed by atoms with Crippen LogP contribution in [0.2, 0.25) is 0 Å². The fraction of sp³-hybridized carbons (Fsp3) is 0.571. The first kappa shape index (κ1) is 20.1. The molecule has 1 aromatic rings. The zero-order chi connectivity index (χ0) is 19.3. The summed E-state index contributed by atoms with van der Waals surface area (Å²) in [5.41, 5.74) is 0. The Labute approximate surface area is 137 Å². The average Bonchev–Trinajstić information content (AvgIpc) is 2.41. The largest absolute Gasteiger partial charge is 0.429 e. The maximum absolute atomic E-state index is 14.0. The smallest absolute Gasteiger partial charge is 0.400 e. The summed E-state index contributed by atoms with van der Waals surface area (Å²) in [6, 6.07) is -0.556. The first-order chi connectivity index (χ1) is 11.0. The lowest BCUT2D eigenvalue weighted by molar-refractivity contribution is -0.224. The van der Waals surface area contributed by atoms with Crippen LogP contribution >= 0.6 is 10.2 Å². The van der Waals surface area contributed by atoms with Crippen molar-refractivity contribution >= 4 is 10.2 Å². The van der Waals surface area contributed by atoms with Gasteiger partial charge in [0.25, 0.3) is 0 Å². The molecular formula is C14H15F9OS. The summed E-state index contributed by atoms with van der Waals surface area (Å²) in [6.07, 6.45) is -3.01. The van der Waals surface area contributed by atoms with Gasteiger partial charge in [-0.3, -0.25) is 0 Å². The first-order valence-corrected chi connectivity index (χ1v) is 9.25. The van der Waals surface area contributed by atoms with Crippen LogP contribution in [-0.4, -0.2) is 6.11 Å².